The molecule has 1 aliphatic rings. The highest BCUT2D eigenvalue weighted by molar-refractivity contribution is 5.80. The molecule has 1 amide bonds. The molecule has 0 aliphatic heterocycles. The van der Waals surface area contributed by atoms with Gasteiger partial charge in [0, 0.05) is 39.7 Å². The maximum Gasteiger partial charge on any atom is 0.241 e. The fraction of sp³-hybridized carbons (Fsp3) is 0.667. The Labute approximate surface area is 126 Å². The van der Waals surface area contributed by atoms with Crippen molar-refractivity contribution in [3.05, 3.63) is 11.9 Å². The average Bonchev–Trinajstić information content (AvgIpc) is 3.29. The number of likely N-dealkylation sites (N-methyl/N-ethyl adjacent to an activating group) is 2. The van der Waals surface area contributed by atoms with Gasteiger partial charge in [-0.15, -0.1) is 0 Å². The molecule has 0 atom stereocenters. The Balaban J connectivity index is 2.16. The van der Waals surface area contributed by atoms with Gasteiger partial charge in [-0.2, -0.15) is 0 Å². The van der Waals surface area contributed by atoms with Gasteiger partial charge in [-0.05, 0) is 19.3 Å². The third kappa shape index (κ3) is 4.31. The minimum Gasteiger partial charge on any atom is -0.370 e. The summed E-state index contributed by atoms with van der Waals surface area (Å²) in [6, 6.07) is 1.92. The number of hydrogen-bond donors (Lipinski definition) is 1. The molecule has 6 nitrogen and oxygen atoms in total. The molecule has 1 saturated carbocycles. The fourth-order valence-electron chi connectivity index (χ4n) is 1.94. The van der Waals surface area contributed by atoms with E-state index in [9.17, 15) is 4.79 Å². The first kappa shape index (κ1) is 15.5. The van der Waals surface area contributed by atoms with Crippen molar-refractivity contribution in [2.24, 2.45) is 0 Å². The van der Waals surface area contributed by atoms with E-state index in [1.165, 1.54) is 0 Å². The van der Waals surface area contributed by atoms with E-state index < -0.39 is 0 Å². The minimum absolute atomic E-state index is 0.0622. The van der Waals surface area contributed by atoms with Crippen LogP contribution in [0.25, 0.3) is 0 Å². The number of nitrogens with zero attached hydrogens (tertiary/aromatic N) is 4. The molecule has 1 N–H and O–H groups in total. The molecular formula is C15H25N5O. The summed E-state index contributed by atoms with van der Waals surface area (Å²) in [5.74, 6) is 3.11. The van der Waals surface area contributed by atoms with Crippen LogP contribution in [0.3, 0.4) is 0 Å². The second-order valence-electron chi connectivity index (χ2n) is 5.81. The van der Waals surface area contributed by atoms with E-state index in [1.807, 2.05) is 18.0 Å². The summed E-state index contributed by atoms with van der Waals surface area (Å²) >= 11 is 0. The van der Waals surface area contributed by atoms with Crippen molar-refractivity contribution in [3.63, 3.8) is 0 Å². The van der Waals surface area contributed by atoms with Crippen LogP contribution in [-0.2, 0) is 4.79 Å². The highest BCUT2D eigenvalue weighted by Crippen LogP contribution is 2.39. The van der Waals surface area contributed by atoms with E-state index in [0.29, 0.717) is 12.5 Å². The first-order valence-corrected chi connectivity index (χ1v) is 7.55. The fourth-order valence-corrected chi connectivity index (χ4v) is 1.94. The van der Waals surface area contributed by atoms with Gasteiger partial charge >= 0.3 is 0 Å². The Bertz CT molecular complexity index is 499. The van der Waals surface area contributed by atoms with Gasteiger partial charge in [0.15, 0.2) is 0 Å². The largest absolute Gasteiger partial charge is 0.370 e. The standard InChI is InChI=1S/C15H25N5O/c1-5-8-16-12-9-13(18-15(17-12)11-6-7-11)20(4)10-14(21)19(2)3/h9,11H,5-8,10H2,1-4H3,(H,16,17,18). The third-order valence-corrected chi connectivity index (χ3v) is 3.49. The van der Waals surface area contributed by atoms with Crippen LogP contribution in [0, 0.1) is 0 Å². The van der Waals surface area contributed by atoms with Crippen molar-refractivity contribution in [2.45, 2.75) is 32.1 Å². The normalized spacial score (nSPS) is 13.9. The summed E-state index contributed by atoms with van der Waals surface area (Å²) in [5.41, 5.74) is 0. The summed E-state index contributed by atoms with van der Waals surface area (Å²) in [6.45, 7) is 3.33. The number of amides is 1. The number of anilines is 2. The topological polar surface area (TPSA) is 61.4 Å². The van der Waals surface area contributed by atoms with E-state index in [-0.39, 0.29) is 5.91 Å². The molecule has 0 spiro atoms. The molecule has 21 heavy (non-hydrogen) atoms. The molecule has 1 fully saturated rings. The molecule has 0 bridgehead atoms. The Hall–Kier alpha value is -1.85. The summed E-state index contributed by atoms with van der Waals surface area (Å²) < 4.78 is 0. The first-order chi connectivity index (χ1) is 10.0. The molecule has 0 saturated heterocycles. The SMILES string of the molecule is CCCNc1cc(N(C)CC(=O)N(C)C)nc(C2CC2)n1. The molecule has 6 heteroatoms. The van der Waals surface area contributed by atoms with E-state index in [4.69, 9.17) is 0 Å². The molecule has 116 valence electrons. The van der Waals surface area contributed by atoms with Crippen molar-refractivity contribution < 1.29 is 4.79 Å². The van der Waals surface area contributed by atoms with Crippen LogP contribution in [-0.4, -0.2) is 55.0 Å². The quantitative estimate of drug-likeness (QED) is 0.828. The molecule has 0 radical (unpaired) electrons. The second-order valence-corrected chi connectivity index (χ2v) is 5.81. The van der Waals surface area contributed by atoms with E-state index in [0.717, 1.165) is 43.3 Å². The highest BCUT2D eigenvalue weighted by Gasteiger charge is 2.28. The van der Waals surface area contributed by atoms with Crippen molar-refractivity contribution >= 4 is 17.5 Å². The van der Waals surface area contributed by atoms with Gasteiger partial charge in [0.1, 0.15) is 17.5 Å². The molecule has 1 aromatic rings. The van der Waals surface area contributed by atoms with Gasteiger partial charge in [0.2, 0.25) is 5.91 Å². The van der Waals surface area contributed by atoms with E-state index >= 15 is 0 Å². The number of hydrogen-bond acceptors (Lipinski definition) is 5. The van der Waals surface area contributed by atoms with Crippen LogP contribution in [0.2, 0.25) is 0 Å². The third-order valence-electron chi connectivity index (χ3n) is 3.49. The van der Waals surface area contributed by atoms with Gasteiger partial charge < -0.3 is 15.1 Å². The van der Waals surface area contributed by atoms with Crippen LogP contribution in [0.1, 0.15) is 37.9 Å². The van der Waals surface area contributed by atoms with Crippen LogP contribution >= 0.6 is 0 Å². The van der Waals surface area contributed by atoms with E-state index in [1.54, 1.807) is 19.0 Å². The Morgan fingerprint density at radius 3 is 2.62 bits per heavy atom. The predicted molar refractivity (Wildman–Crippen MR) is 84.8 cm³/mol. The lowest BCUT2D eigenvalue weighted by Gasteiger charge is -2.21. The molecule has 0 unspecified atom stereocenters. The zero-order valence-corrected chi connectivity index (χ0v) is 13.4. The second kappa shape index (κ2) is 6.74. The lowest BCUT2D eigenvalue weighted by Crippen LogP contribution is -2.34. The number of carbonyl (C=O) groups is 1. The Kier molecular flexibility index (Phi) is 4.98. The Morgan fingerprint density at radius 2 is 2.05 bits per heavy atom. The zero-order chi connectivity index (χ0) is 15.4. The highest BCUT2D eigenvalue weighted by atomic mass is 16.2. The number of nitrogens with one attached hydrogen (secondary N) is 1. The smallest absolute Gasteiger partial charge is 0.241 e. The summed E-state index contributed by atoms with van der Waals surface area (Å²) in [4.78, 5) is 24.5. The van der Waals surface area contributed by atoms with E-state index in [2.05, 4.69) is 22.2 Å². The van der Waals surface area contributed by atoms with Crippen LogP contribution in [0.4, 0.5) is 11.6 Å². The first-order valence-electron chi connectivity index (χ1n) is 7.55. The van der Waals surface area contributed by atoms with Gasteiger partial charge in [-0.1, -0.05) is 6.92 Å². The Morgan fingerprint density at radius 1 is 1.33 bits per heavy atom. The summed E-state index contributed by atoms with van der Waals surface area (Å²) in [5, 5.41) is 3.32. The van der Waals surface area contributed by atoms with Crippen molar-refractivity contribution in [1.82, 2.24) is 14.9 Å². The van der Waals surface area contributed by atoms with Crippen molar-refractivity contribution in [1.29, 1.82) is 0 Å². The molecule has 1 heterocycles. The lowest BCUT2D eigenvalue weighted by atomic mass is 10.3. The summed E-state index contributed by atoms with van der Waals surface area (Å²) in [7, 11) is 5.42. The summed E-state index contributed by atoms with van der Waals surface area (Å²) in [6.07, 6.45) is 3.38. The van der Waals surface area contributed by atoms with Gasteiger partial charge in [-0.3, -0.25) is 4.79 Å². The van der Waals surface area contributed by atoms with Crippen LogP contribution in [0.5, 0.6) is 0 Å². The predicted octanol–water partition coefficient (Wildman–Crippen LogP) is 1.70. The maximum atomic E-state index is 11.8. The molecule has 1 aliphatic carbocycles. The molecule has 1 aromatic heterocycles. The van der Waals surface area contributed by atoms with Crippen LogP contribution in [0.15, 0.2) is 6.07 Å². The molecular weight excluding hydrogens is 266 g/mol. The van der Waals surface area contributed by atoms with Crippen molar-refractivity contribution in [2.75, 3.05) is 44.4 Å². The number of carbonyl (C=O) groups excluding carboxylic acids is 1. The lowest BCUT2D eigenvalue weighted by molar-refractivity contribution is -0.127. The van der Waals surface area contributed by atoms with Gasteiger partial charge in [0.25, 0.3) is 0 Å². The van der Waals surface area contributed by atoms with Crippen LogP contribution < -0.4 is 10.2 Å². The minimum atomic E-state index is 0.0622. The molecule has 0 aromatic carbocycles. The average molecular weight is 291 g/mol. The van der Waals surface area contributed by atoms with Crippen molar-refractivity contribution in [3.8, 4) is 0 Å². The number of rotatable bonds is 7. The number of aromatic nitrogens is 2. The van der Waals surface area contributed by atoms with Gasteiger partial charge in [-0.25, -0.2) is 9.97 Å². The monoisotopic (exact) mass is 291 g/mol. The van der Waals surface area contributed by atoms with Gasteiger partial charge in [0.05, 0.1) is 6.54 Å². The zero-order valence-electron chi connectivity index (χ0n) is 13.4. The maximum absolute atomic E-state index is 11.8. The molecule has 2 rings (SSSR count).